The van der Waals surface area contributed by atoms with Gasteiger partial charge in [-0.05, 0) is 98.3 Å². The largest absolute Gasteiger partial charge is 0.415 e. The molecule has 1 aromatic carbocycles. The SMILES string of the molecule is CCCCN(CCOCC)C(=O)Oc1ccc2c(c1)CCC1C2CCC2(C)C(OCCO)CCC12. The fourth-order valence-electron chi connectivity index (χ4n) is 7.17. The third kappa shape index (κ3) is 5.70. The summed E-state index contributed by atoms with van der Waals surface area (Å²) in [6.07, 6.45) is 8.94. The van der Waals surface area contributed by atoms with Gasteiger partial charge in [-0.25, -0.2) is 4.79 Å². The lowest BCUT2D eigenvalue weighted by Gasteiger charge is -2.50. The molecule has 0 radical (unpaired) electrons. The molecule has 35 heavy (non-hydrogen) atoms. The van der Waals surface area contributed by atoms with E-state index in [0.717, 1.165) is 25.7 Å². The molecule has 0 saturated heterocycles. The highest BCUT2D eigenvalue weighted by atomic mass is 16.6. The van der Waals surface area contributed by atoms with Gasteiger partial charge < -0.3 is 24.2 Å². The van der Waals surface area contributed by atoms with E-state index >= 15 is 0 Å². The molecule has 0 spiro atoms. The second-order valence-corrected chi connectivity index (χ2v) is 10.9. The number of hydrogen-bond acceptors (Lipinski definition) is 5. The summed E-state index contributed by atoms with van der Waals surface area (Å²) < 4.78 is 17.4. The number of ether oxygens (including phenoxy) is 3. The molecule has 4 rings (SSSR count). The Bertz CT molecular complexity index is 844. The number of benzene rings is 1. The molecule has 1 amide bonds. The summed E-state index contributed by atoms with van der Waals surface area (Å²) >= 11 is 0. The Kier molecular flexibility index (Phi) is 9.12. The van der Waals surface area contributed by atoms with Gasteiger partial charge in [-0.2, -0.15) is 0 Å². The van der Waals surface area contributed by atoms with Crippen molar-refractivity contribution in [2.24, 2.45) is 17.3 Å². The summed E-state index contributed by atoms with van der Waals surface area (Å²) in [6, 6.07) is 6.33. The van der Waals surface area contributed by atoms with E-state index in [2.05, 4.69) is 26.0 Å². The zero-order valence-electron chi connectivity index (χ0n) is 22.0. The van der Waals surface area contributed by atoms with Gasteiger partial charge in [0, 0.05) is 19.7 Å². The van der Waals surface area contributed by atoms with Gasteiger partial charge in [-0.1, -0.05) is 26.3 Å². The summed E-state index contributed by atoms with van der Waals surface area (Å²) in [5, 5.41) is 9.23. The molecule has 3 aliphatic rings. The van der Waals surface area contributed by atoms with Crippen molar-refractivity contribution in [2.75, 3.05) is 39.5 Å². The summed E-state index contributed by atoms with van der Waals surface area (Å²) in [5.74, 6) is 2.63. The minimum Gasteiger partial charge on any atom is -0.410 e. The van der Waals surface area contributed by atoms with Gasteiger partial charge in [0.1, 0.15) is 5.75 Å². The molecule has 0 heterocycles. The number of unbranched alkanes of at least 4 members (excludes halogenated alkanes) is 1. The molecule has 5 atom stereocenters. The quantitative estimate of drug-likeness (QED) is 0.414. The van der Waals surface area contributed by atoms with Crippen molar-refractivity contribution < 1.29 is 24.1 Å². The molecule has 6 heteroatoms. The minimum atomic E-state index is -0.278. The number of amides is 1. The van der Waals surface area contributed by atoms with Crippen LogP contribution in [-0.2, 0) is 15.9 Å². The number of aliphatic hydroxyl groups excluding tert-OH is 1. The summed E-state index contributed by atoms with van der Waals surface area (Å²) in [4.78, 5) is 14.7. The van der Waals surface area contributed by atoms with Crippen LogP contribution in [0.3, 0.4) is 0 Å². The van der Waals surface area contributed by atoms with Crippen molar-refractivity contribution in [3.63, 3.8) is 0 Å². The summed E-state index contributed by atoms with van der Waals surface area (Å²) in [6.45, 7) is 9.52. The zero-order chi connectivity index (χ0) is 24.8. The van der Waals surface area contributed by atoms with Gasteiger partial charge in [0.05, 0.1) is 25.9 Å². The van der Waals surface area contributed by atoms with E-state index in [1.165, 1.54) is 36.8 Å². The lowest BCUT2D eigenvalue weighted by atomic mass is 9.55. The molecule has 2 fully saturated rings. The predicted octanol–water partition coefficient (Wildman–Crippen LogP) is 5.56. The fraction of sp³-hybridized carbons (Fsp3) is 0.759. The van der Waals surface area contributed by atoms with Crippen molar-refractivity contribution in [1.82, 2.24) is 4.90 Å². The number of carbonyl (C=O) groups excluding carboxylic acids is 1. The van der Waals surface area contributed by atoms with Crippen LogP contribution in [0.25, 0.3) is 0 Å². The number of aryl methyl sites for hydroxylation is 1. The highest BCUT2D eigenvalue weighted by Gasteiger charge is 2.55. The Morgan fingerprint density at radius 2 is 2.00 bits per heavy atom. The standard InChI is InChI=1S/C29H45NO5/c1-4-6-15-30(16-18-33-5-2)28(32)35-22-8-10-23-21(20-22)7-9-25-24(23)13-14-29(3)26(25)11-12-27(29)34-19-17-31/h8,10,20,24-27,31H,4-7,9,11-19H2,1-3H3. The van der Waals surface area contributed by atoms with E-state index < -0.39 is 0 Å². The molecule has 5 unspecified atom stereocenters. The Morgan fingerprint density at radius 3 is 2.77 bits per heavy atom. The first kappa shape index (κ1) is 26.4. The normalized spacial score (nSPS) is 29.3. The topological polar surface area (TPSA) is 68.2 Å². The van der Waals surface area contributed by atoms with E-state index in [0.29, 0.717) is 56.4 Å². The second-order valence-electron chi connectivity index (χ2n) is 10.9. The van der Waals surface area contributed by atoms with Crippen LogP contribution >= 0.6 is 0 Å². The van der Waals surface area contributed by atoms with Crippen LogP contribution in [-0.4, -0.2) is 61.7 Å². The Balaban J connectivity index is 1.42. The molecule has 3 aliphatic carbocycles. The predicted molar refractivity (Wildman–Crippen MR) is 137 cm³/mol. The molecule has 196 valence electrons. The van der Waals surface area contributed by atoms with Crippen molar-refractivity contribution >= 4 is 6.09 Å². The minimum absolute atomic E-state index is 0.104. The lowest BCUT2D eigenvalue weighted by Crippen LogP contribution is -2.44. The summed E-state index contributed by atoms with van der Waals surface area (Å²) in [5.41, 5.74) is 3.04. The number of carbonyl (C=O) groups is 1. The third-order valence-corrected chi connectivity index (χ3v) is 8.98. The van der Waals surface area contributed by atoms with E-state index in [-0.39, 0.29) is 24.2 Å². The van der Waals surface area contributed by atoms with Crippen LogP contribution in [0.2, 0.25) is 0 Å². The highest BCUT2D eigenvalue weighted by molar-refractivity contribution is 5.70. The van der Waals surface area contributed by atoms with E-state index in [4.69, 9.17) is 14.2 Å². The second kappa shape index (κ2) is 12.1. The number of nitrogens with zero attached hydrogens (tertiary/aromatic N) is 1. The Labute approximate surface area is 211 Å². The van der Waals surface area contributed by atoms with Crippen LogP contribution in [0.5, 0.6) is 5.75 Å². The lowest BCUT2D eigenvalue weighted by molar-refractivity contribution is -0.0710. The van der Waals surface area contributed by atoms with Gasteiger partial charge in [0.15, 0.2) is 0 Å². The van der Waals surface area contributed by atoms with Crippen LogP contribution in [0.4, 0.5) is 4.79 Å². The Hall–Kier alpha value is -1.63. The smallest absolute Gasteiger partial charge is 0.410 e. The number of rotatable bonds is 11. The molecule has 2 saturated carbocycles. The van der Waals surface area contributed by atoms with Gasteiger partial charge in [0.2, 0.25) is 0 Å². The van der Waals surface area contributed by atoms with Gasteiger partial charge in [0.25, 0.3) is 0 Å². The average molecular weight is 488 g/mol. The van der Waals surface area contributed by atoms with Crippen LogP contribution in [0, 0.1) is 17.3 Å². The maximum absolute atomic E-state index is 12.9. The average Bonchev–Trinajstić information content (AvgIpc) is 3.20. The van der Waals surface area contributed by atoms with Crippen LogP contribution in [0.1, 0.15) is 82.8 Å². The van der Waals surface area contributed by atoms with Crippen molar-refractivity contribution in [1.29, 1.82) is 0 Å². The first-order valence-corrected chi connectivity index (χ1v) is 13.9. The van der Waals surface area contributed by atoms with Crippen LogP contribution < -0.4 is 4.74 Å². The van der Waals surface area contributed by atoms with E-state index in [9.17, 15) is 9.90 Å². The number of hydrogen-bond donors (Lipinski definition) is 1. The van der Waals surface area contributed by atoms with Crippen molar-refractivity contribution in [3.05, 3.63) is 29.3 Å². The maximum atomic E-state index is 12.9. The van der Waals surface area contributed by atoms with Crippen molar-refractivity contribution in [3.8, 4) is 5.75 Å². The maximum Gasteiger partial charge on any atom is 0.415 e. The Morgan fingerprint density at radius 1 is 1.14 bits per heavy atom. The highest BCUT2D eigenvalue weighted by Crippen LogP contribution is 2.61. The monoisotopic (exact) mass is 487 g/mol. The molecule has 1 N–H and O–H groups in total. The summed E-state index contributed by atoms with van der Waals surface area (Å²) in [7, 11) is 0. The van der Waals surface area contributed by atoms with Crippen molar-refractivity contribution in [2.45, 2.75) is 84.2 Å². The fourth-order valence-corrected chi connectivity index (χ4v) is 7.17. The zero-order valence-corrected chi connectivity index (χ0v) is 22.0. The molecule has 0 aromatic heterocycles. The van der Waals surface area contributed by atoms with Gasteiger partial charge >= 0.3 is 6.09 Å². The first-order valence-electron chi connectivity index (χ1n) is 13.9. The molecule has 6 nitrogen and oxygen atoms in total. The molecule has 0 aliphatic heterocycles. The number of aliphatic hydroxyl groups is 1. The molecule has 1 aromatic rings. The van der Waals surface area contributed by atoms with Gasteiger partial charge in [-0.3, -0.25) is 0 Å². The number of fused-ring (bicyclic) bond motifs is 5. The molecule has 0 bridgehead atoms. The molecular formula is C29H45NO5. The molecular weight excluding hydrogens is 442 g/mol. The van der Waals surface area contributed by atoms with Gasteiger partial charge in [-0.15, -0.1) is 0 Å². The van der Waals surface area contributed by atoms with E-state index in [1.807, 2.05) is 13.0 Å². The first-order chi connectivity index (χ1) is 17.0. The third-order valence-electron chi connectivity index (χ3n) is 8.98. The van der Waals surface area contributed by atoms with Crippen LogP contribution in [0.15, 0.2) is 18.2 Å². The van der Waals surface area contributed by atoms with E-state index in [1.54, 1.807) is 4.90 Å².